The van der Waals surface area contributed by atoms with Gasteiger partial charge in [0.1, 0.15) is 11.8 Å². The van der Waals surface area contributed by atoms with E-state index in [-0.39, 0.29) is 17.7 Å². The Balaban J connectivity index is 1.47. The van der Waals surface area contributed by atoms with Crippen LogP contribution >= 0.6 is 0 Å². The number of hydrogen-bond acceptors (Lipinski definition) is 4. The van der Waals surface area contributed by atoms with Crippen molar-refractivity contribution in [1.29, 1.82) is 0 Å². The Morgan fingerprint density at radius 3 is 2.47 bits per heavy atom. The maximum atomic E-state index is 13.3. The minimum atomic E-state index is -0.741. The Morgan fingerprint density at radius 2 is 1.72 bits per heavy atom. The maximum Gasteiger partial charge on any atom is 0.242 e. The third-order valence-electron chi connectivity index (χ3n) is 6.96. The first kappa shape index (κ1) is 25.3. The zero-order chi connectivity index (χ0) is 25.7. The number of ether oxygens (including phenoxy) is 1. The van der Waals surface area contributed by atoms with Gasteiger partial charge in [0.15, 0.2) is 0 Å². The summed E-state index contributed by atoms with van der Waals surface area (Å²) in [6, 6.07) is 12.4. The molecule has 0 aliphatic carbocycles. The van der Waals surface area contributed by atoms with Crippen LogP contribution in [0, 0.1) is 5.92 Å². The molecule has 2 heterocycles. The number of para-hydroxylation sites is 1. The number of rotatable bonds is 11. The fraction of sp³-hybridized carbons (Fsp3) is 0.357. The highest BCUT2D eigenvalue weighted by atomic mass is 16.5. The maximum absolute atomic E-state index is 13.3. The van der Waals surface area contributed by atoms with Gasteiger partial charge in [-0.3, -0.25) is 9.59 Å². The van der Waals surface area contributed by atoms with Crippen molar-refractivity contribution in [2.24, 2.45) is 11.7 Å². The highest BCUT2D eigenvalue weighted by Gasteiger charge is 2.27. The average Bonchev–Trinajstić information content (AvgIpc) is 3.50. The Bertz CT molecular complexity index is 1340. The summed E-state index contributed by atoms with van der Waals surface area (Å²) in [7, 11) is 1.64. The number of methoxy groups -OCH3 is 1. The van der Waals surface area contributed by atoms with Crippen molar-refractivity contribution in [2.75, 3.05) is 13.7 Å². The third kappa shape index (κ3) is 5.54. The number of carbonyl (C=O) groups is 2. The van der Waals surface area contributed by atoms with Gasteiger partial charge in [0, 0.05) is 47.2 Å². The highest BCUT2D eigenvalue weighted by molar-refractivity contribution is 5.91. The second-order valence-electron chi connectivity index (χ2n) is 9.30. The zero-order valence-corrected chi connectivity index (χ0v) is 21.1. The summed E-state index contributed by atoms with van der Waals surface area (Å²) in [5, 5.41) is 8.02. The Labute approximate surface area is 211 Å². The molecule has 0 bridgehead atoms. The largest absolute Gasteiger partial charge is 0.497 e. The first-order chi connectivity index (χ1) is 17.4. The van der Waals surface area contributed by atoms with Crippen LogP contribution in [0.15, 0.2) is 54.9 Å². The topological polar surface area (TPSA) is 125 Å². The number of H-pyrrole nitrogens is 2. The van der Waals surface area contributed by atoms with Crippen molar-refractivity contribution in [1.82, 2.24) is 20.6 Å². The first-order valence-corrected chi connectivity index (χ1v) is 12.4. The summed E-state index contributed by atoms with van der Waals surface area (Å²) in [4.78, 5) is 32.7. The van der Waals surface area contributed by atoms with Crippen molar-refractivity contribution in [3.63, 3.8) is 0 Å². The molecule has 4 aromatic rings. The molecule has 3 atom stereocenters. The van der Waals surface area contributed by atoms with Gasteiger partial charge in [0.2, 0.25) is 11.8 Å². The number of nitrogens with one attached hydrogen (secondary N) is 4. The number of aromatic nitrogens is 2. The number of aromatic amines is 2. The van der Waals surface area contributed by atoms with Crippen molar-refractivity contribution < 1.29 is 14.3 Å². The molecule has 36 heavy (non-hydrogen) atoms. The van der Waals surface area contributed by atoms with Gasteiger partial charge < -0.3 is 31.1 Å². The van der Waals surface area contributed by atoms with Crippen molar-refractivity contribution in [3.8, 4) is 5.75 Å². The summed E-state index contributed by atoms with van der Waals surface area (Å²) < 4.78 is 5.35. The Kier molecular flexibility index (Phi) is 7.95. The van der Waals surface area contributed by atoms with Gasteiger partial charge in [-0.1, -0.05) is 38.5 Å². The van der Waals surface area contributed by atoms with E-state index in [4.69, 9.17) is 10.5 Å². The molecular weight excluding hydrogens is 454 g/mol. The predicted molar refractivity (Wildman–Crippen MR) is 143 cm³/mol. The van der Waals surface area contributed by atoms with Gasteiger partial charge in [-0.15, -0.1) is 0 Å². The predicted octanol–water partition coefficient (Wildman–Crippen LogP) is 3.42. The summed E-state index contributed by atoms with van der Waals surface area (Å²) in [6.07, 6.45) is 5.62. The van der Waals surface area contributed by atoms with Crippen LogP contribution in [0.25, 0.3) is 21.8 Å². The van der Waals surface area contributed by atoms with Crippen LogP contribution in [-0.2, 0) is 22.4 Å². The third-order valence-corrected chi connectivity index (χ3v) is 6.96. The number of benzene rings is 2. The number of carbonyl (C=O) groups excluding carboxylic acids is 2. The summed E-state index contributed by atoms with van der Waals surface area (Å²) >= 11 is 0. The van der Waals surface area contributed by atoms with Crippen molar-refractivity contribution in [3.05, 3.63) is 66.0 Å². The second-order valence-corrected chi connectivity index (χ2v) is 9.30. The molecule has 2 aromatic heterocycles. The standard InChI is InChI=1S/C28H35N5O3/c1-4-17(2)26(29)28(35)33-25(13-19-16-32-23-8-6-5-7-21(19)23)27(34)30-12-11-18-15-31-24-10-9-20(36-3)14-22(18)24/h5-10,14-17,25-26,31-32H,4,11-13,29H2,1-3H3,(H,30,34)(H,33,35)/t17-,25-,26-/m0/s1. The SMILES string of the molecule is CC[C@H](C)[C@H](N)C(=O)N[C@@H](Cc1c[nH]c2ccccc12)C(=O)NCCc1c[nH]c2ccc(OC)cc12. The van der Waals surface area contributed by atoms with Gasteiger partial charge in [-0.25, -0.2) is 0 Å². The lowest BCUT2D eigenvalue weighted by atomic mass is 9.98. The fourth-order valence-electron chi connectivity index (χ4n) is 4.44. The molecule has 190 valence electrons. The van der Waals surface area contributed by atoms with Crippen LogP contribution in [-0.4, -0.2) is 47.5 Å². The first-order valence-electron chi connectivity index (χ1n) is 12.4. The zero-order valence-electron chi connectivity index (χ0n) is 21.1. The van der Waals surface area contributed by atoms with E-state index in [0.717, 1.165) is 45.1 Å². The molecule has 0 aliphatic heterocycles. The van der Waals surface area contributed by atoms with Crippen LogP contribution in [0.4, 0.5) is 0 Å². The van der Waals surface area contributed by atoms with Gasteiger partial charge in [0.25, 0.3) is 0 Å². The molecule has 6 N–H and O–H groups in total. The number of fused-ring (bicyclic) bond motifs is 2. The van der Waals surface area contributed by atoms with Crippen LogP contribution in [0.3, 0.4) is 0 Å². The molecule has 0 saturated heterocycles. The van der Waals surface area contributed by atoms with Crippen molar-refractivity contribution in [2.45, 2.75) is 45.2 Å². The van der Waals surface area contributed by atoms with E-state index < -0.39 is 12.1 Å². The molecule has 0 spiro atoms. The molecule has 0 aliphatic rings. The normalized spacial score (nSPS) is 13.9. The molecular formula is C28H35N5O3. The number of amides is 2. The molecule has 0 fully saturated rings. The van der Waals surface area contributed by atoms with Crippen molar-refractivity contribution >= 4 is 33.6 Å². The van der Waals surface area contributed by atoms with E-state index in [1.54, 1.807) is 7.11 Å². The van der Waals surface area contributed by atoms with Gasteiger partial charge >= 0.3 is 0 Å². The molecule has 8 nitrogen and oxygen atoms in total. The lowest BCUT2D eigenvalue weighted by Gasteiger charge is -2.23. The Morgan fingerprint density at radius 1 is 1.00 bits per heavy atom. The molecule has 0 unspecified atom stereocenters. The summed E-state index contributed by atoms with van der Waals surface area (Å²) in [6.45, 7) is 4.37. The summed E-state index contributed by atoms with van der Waals surface area (Å²) in [5.74, 6) is 0.252. The molecule has 0 radical (unpaired) electrons. The van der Waals surface area contributed by atoms with E-state index in [9.17, 15) is 9.59 Å². The monoisotopic (exact) mass is 489 g/mol. The minimum Gasteiger partial charge on any atom is -0.497 e. The minimum absolute atomic E-state index is 0.0145. The van der Waals surface area contributed by atoms with E-state index in [1.165, 1.54) is 0 Å². The van der Waals surface area contributed by atoms with E-state index in [0.29, 0.717) is 19.4 Å². The average molecular weight is 490 g/mol. The lowest BCUT2D eigenvalue weighted by molar-refractivity contribution is -0.130. The smallest absolute Gasteiger partial charge is 0.242 e. The van der Waals surface area contributed by atoms with Gasteiger partial charge in [0.05, 0.1) is 13.2 Å². The van der Waals surface area contributed by atoms with Gasteiger partial charge in [-0.2, -0.15) is 0 Å². The van der Waals surface area contributed by atoms with Crippen LogP contribution < -0.4 is 21.1 Å². The molecule has 0 saturated carbocycles. The van der Waals surface area contributed by atoms with E-state index >= 15 is 0 Å². The Hall–Kier alpha value is -3.78. The number of hydrogen-bond donors (Lipinski definition) is 5. The fourth-order valence-corrected chi connectivity index (χ4v) is 4.44. The molecule has 4 rings (SSSR count). The van der Waals surface area contributed by atoms with Gasteiger partial charge in [-0.05, 0) is 47.7 Å². The quantitative estimate of drug-likeness (QED) is 0.221. The number of nitrogens with two attached hydrogens (primary N) is 1. The van der Waals surface area contributed by atoms with E-state index in [1.807, 2.05) is 68.7 Å². The molecule has 2 amide bonds. The lowest BCUT2D eigenvalue weighted by Crippen LogP contribution is -2.54. The summed E-state index contributed by atoms with van der Waals surface area (Å²) in [5.41, 5.74) is 10.2. The van der Waals surface area contributed by atoms with Crippen LogP contribution in [0.5, 0.6) is 5.75 Å². The van der Waals surface area contributed by atoms with Crippen LogP contribution in [0.1, 0.15) is 31.4 Å². The second kappa shape index (κ2) is 11.3. The molecule has 8 heteroatoms. The van der Waals surface area contributed by atoms with E-state index in [2.05, 4.69) is 20.6 Å². The highest BCUT2D eigenvalue weighted by Crippen LogP contribution is 2.24. The molecule has 2 aromatic carbocycles. The van der Waals surface area contributed by atoms with Crippen LogP contribution in [0.2, 0.25) is 0 Å².